The SMILES string of the molecule is COC(=O)C(O)C(=O)C(C)Oc1ccc(Oc2ccc(Cl)cc2Cl)cc1. The second-order valence-electron chi connectivity index (χ2n) is 5.24. The van der Waals surface area contributed by atoms with Crippen LogP contribution in [-0.4, -0.2) is 36.2 Å². The predicted octanol–water partition coefficient (Wildman–Crippen LogP) is 3.66. The molecule has 6 nitrogen and oxygen atoms in total. The average Bonchev–Trinajstić information content (AvgIpc) is 2.63. The first-order chi connectivity index (χ1) is 12.3. The molecule has 0 aromatic heterocycles. The minimum Gasteiger partial charge on any atom is -0.483 e. The molecule has 0 saturated heterocycles. The molecule has 0 heterocycles. The molecule has 0 spiro atoms. The van der Waals surface area contributed by atoms with E-state index in [9.17, 15) is 14.7 Å². The van der Waals surface area contributed by atoms with Crippen molar-refractivity contribution in [1.82, 2.24) is 0 Å². The summed E-state index contributed by atoms with van der Waals surface area (Å²) in [7, 11) is 1.08. The van der Waals surface area contributed by atoms with Gasteiger partial charge >= 0.3 is 5.97 Å². The highest BCUT2D eigenvalue weighted by molar-refractivity contribution is 6.35. The normalized spacial score (nSPS) is 12.8. The van der Waals surface area contributed by atoms with E-state index in [1.165, 1.54) is 6.92 Å². The van der Waals surface area contributed by atoms with Crippen LogP contribution in [0.2, 0.25) is 10.0 Å². The highest BCUT2D eigenvalue weighted by Crippen LogP contribution is 2.32. The Bertz CT molecular complexity index is 791. The van der Waals surface area contributed by atoms with Gasteiger partial charge in [0, 0.05) is 5.02 Å². The van der Waals surface area contributed by atoms with Crippen LogP contribution in [0.4, 0.5) is 0 Å². The number of esters is 1. The van der Waals surface area contributed by atoms with E-state index in [1.807, 2.05) is 0 Å². The van der Waals surface area contributed by atoms with Gasteiger partial charge in [-0.05, 0) is 49.4 Å². The predicted molar refractivity (Wildman–Crippen MR) is 96.1 cm³/mol. The molecule has 26 heavy (non-hydrogen) atoms. The number of ketones is 1. The molecule has 2 rings (SSSR count). The van der Waals surface area contributed by atoms with Gasteiger partial charge in [0.15, 0.2) is 6.10 Å². The molecule has 2 unspecified atom stereocenters. The molecule has 1 N–H and O–H groups in total. The summed E-state index contributed by atoms with van der Waals surface area (Å²) < 4.78 is 15.4. The molecule has 0 aliphatic rings. The number of halogens is 2. The first-order valence-electron chi connectivity index (χ1n) is 7.51. The van der Waals surface area contributed by atoms with E-state index in [4.69, 9.17) is 32.7 Å². The van der Waals surface area contributed by atoms with Crippen LogP contribution < -0.4 is 9.47 Å². The van der Waals surface area contributed by atoms with Gasteiger partial charge in [0.05, 0.1) is 12.1 Å². The van der Waals surface area contributed by atoms with Gasteiger partial charge in [0.25, 0.3) is 0 Å². The Morgan fingerprint density at radius 2 is 1.65 bits per heavy atom. The molecule has 0 fully saturated rings. The highest BCUT2D eigenvalue weighted by atomic mass is 35.5. The van der Waals surface area contributed by atoms with Crippen LogP contribution in [0.3, 0.4) is 0 Å². The number of carbonyl (C=O) groups is 2. The summed E-state index contributed by atoms with van der Waals surface area (Å²) in [6, 6.07) is 11.3. The lowest BCUT2D eigenvalue weighted by Gasteiger charge is -2.16. The Morgan fingerprint density at radius 3 is 2.23 bits per heavy atom. The van der Waals surface area contributed by atoms with E-state index in [2.05, 4.69) is 4.74 Å². The number of rotatable bonds is 7. The van der Waals surface area contributed by atoms with E-state index in [-0.39, 0.29) is 0 Å². The quantitative estimate of drug-likeness (QED) is 0.565. The molecular weight excluding hydrogens is 383 g/mol. The Labute approximate surface area is 160 Å². The van der Waals surface area contributed by atoms with Crippen molar-refractivity contribution in [1.29, 1.82) is 0 Å². The summed E-state index contributed by atoms with van der Waals surface area (Å²) >= 11 is 11.9. The third-order valence-corrected chi connectivity index (χ3v) is 3.88. The summed E-state index contributed by atoms with van der Waals surface area (Å²) in [5.41, 5.74) is 0. The molecule has 2 aromatic rings. The first kappa shape index (κ1) is 20.0. The fourth-order valence-corrected chi connectivity index (χ4v) is 2.43. The van der Waals surface area contributed by atoms with Crippen molar-refractivity contribution in [2.24, 2.45) is 0 Å². The molecule has 0 aliphatic heterocycles. The zero-order valence-corrected chi connectivity index (χ0v) is 15.5. The van der Waals surface area contributed by atoms with Crippen molar-refractivity contribution in [2.75, 3.05) is 7.11 Å². The number of Topliss-reactive ketones (excluding diaryl/α,β-unsaturated/α-hetero) is 1. The Kier molecular flexibility index (Phi) is 6.85. The standard InChI is InChI=1S/C18H16Cl2O6/c1-10(16(21)17(22)18(23)24-2)25-12-4-6-13(7-5-12)26-15-8-3-11(19)9-14(15)20/h3-10,17,22H,1-2H3. The largest absolute Gasteiger partial charge is 0.483 e. The van der Waals surface area contributed by atoms with Crippen LogP contribution in [0.5, 0.6) is 17.2 Å². The molecule has 0 radical (unpaired) electrons. The molecule has 0 amide bonds. The lowest BCUT2D eigenvalue weighted by molar-refractivity contribution is -0.157. The second kappa shape index (κ2) is 8.89. The van der Waals surface area contributed by atoms with Crippen molar-refractivity contribution in [3.05, 3.63) is 52.5 Å². The van der Waals surface area contributed by atoms with Crippen LogP contribution in [0, 0.1) is 0 Å². The van der Waals surface area contributed by atoms with E-state index in [0.29, 0.717) is 27.3 Å². The van der Waals surface area contributed by atoms with E-state index >= 15 is 0 Å². The number of aliphatic hydroxyl groups excluding tert-OH is 1. The zero-order valence-electron chi connectivity index (χ0n) is 13.9. The molecular formula is C18H16Cl2O6. The number of aliphatic hydroxyl groups is 1. The van der Waals surface area contributed by atoms with Crippen LogP contribution in [0.25, 0.3) is 0 Å². The van der Waals surface area contributed by atoms with Crippen molar-refractivity contribution >= 4 is 35.0 Å². The molecule has 2 atom stereocenters. The molecule has 2 aromatic carbocycles. The Morgan fingerprint density at radius 1 is 1.04 bits per heavy atom. The summed E-state index contributed by atoms with van der Waals surface area (Å²) in [6.45, 7) is 1.42. The number of benzene rings is 2. The number of hydrogen-bond donors (Lipinski definition) is 1. The van der Waals surface area contributed by atoms with Gasteiger partial charge in [-0.1, -0.05) is 23.2 Å². The maximum Gasteiger partial charge on any atom is 0.342 e. The number of ether oxygens (including phenoxy) is 3. The smallest absolute Gasteiger partial charge is 0.342 e. The zero-order chi connectivity index (χ0) is 19.3. The first-order valence-corrected chi connectivity index (χ1v) is 8.26. The van der Waals surface area contributed by atoms with E-state index in [0.717, 1.165) is 7.11 Å². The fourth-order valence-electron chi connectivity index (χ4n) is 1.98. The highest BCUT2D eigenvalue weighted by Gasteiger charge is 2.30. The van der Waals surface area contributed by atoms with Gasteiger partial charge in [-0.25, -0.2) is 4.79 Å². The molecule has 138 valence electrons. The second-order valence-corrected chi connectivity index (χ2v) is 6.08. The van der Waals surface area contributed by atoms with Crippen molar-refractivity contribution in [3.63, 3.8) is 0 Å². The van der Waals surface area contributed by atoms with Crippen molar-refractivity contribution in [3.8, 4) is 17.2 Å². The van der Waals surface area contributed by atoms with Gasteiger partial charge in [0.1, 0.15) is 17.2 Å². The third-order valence-electron chi connectivity index (χ3n) is 3.35. The summed E-state index contributed by atoms with van der Waals surface area (Å²) in [6.07, 6.45) is -2.92. The molecule has 0 aliphatic carbocycles. The van der Waals surface area contributed by atoms with Gasteiger partial charge in [-0.3, -0.25) is 4.79 Å². The maximum absolute atomic E-state index is 11.9. The summed E-state index contributed by atoms with van der Waals surface area (Å²) in [5, 5.41) is 10.4. The van der Waals surface area contributed by atoms with Gasteiger partial charge in [-0.2, -0.15) is 0 Å². The minimum absolute atomic E-state index is 0.359. The molecule has 8 heteroatoms. The van der Waals surface area contributed by atoms with Gasteiger partial charge in [-0.15, -0.1) is 0 Å². The van der Waals surface area contributed by atoms with Crippen LogP contribution >= 0.6 is 23.2 Å². The van der Waals surface area contributed by atoms with Crippen molar-refractivity contribution < 1.29 is 28.9 Å². The van der Waals surface area contributed by atoms with Crippen molar-refractivity contribution in [2.45, 2.75) is 19.1 Å². The number of methoxy groups -OCH3 is 1. The molecule has 0 bridgehead atoms. The van der Waals surface area contributed by atoms with Crippen LogP contribution in [0.15, 0.2) is 42.5 Å². The monoisotopic (exact) mass is 398 g/mol. The lowest BCUT2D eigenvalue weighted by atomic mass is 10.1. The topological polar surface area (TPSA) is 82.1 Å². The Hall–Kier alpha value is -2.28. The van der Waals surface area contributed by atoms with Crippen LogP contribution in [-0.2, 0) is 14.3 Å². The van der Waals surface area contributed by atoms with E-state index < -0.39 is 24.0 Å². The Balaban J connectivity index is 2.00. The third kappa shape index (κ3) is 5.11. The fraction of sp³-hybridized carbons (Fsp3) is 0.222. The number of hydrogen-bond acceptors (Lipinski definition) is 6. The maximum atomic E-state index is 11.9. The summed E-state index contributed by atoms with van der Waals surface area (Å²) in [5.74, 6) is -0.540. The lowest BCUT2D eigenvalue weighted by Crippen LogP contribution is -2.39. The minimum atomic E-state index is -1.88. The van der Waals surface area contributed by atoms with Crippen LogP contribution in [0.1, 0.15) is 6.92 Å². The van der Waals surface area contributed by atoms with E-state index in [1.54, 1.807) is 42.5 Å². The van der Waals surface area contributed by atoms with Gasteiger partial charge in [0.2, 0.25) is 11.9 Å². The average molecular weight is 399 g/mol. The number of carbonyl (C=O) groups excluding carboxylic acids is 2. The molecule has 0 saturated carbocycles. The van der Waals surface area contributed by atoms with Gasteiger partial charge < -0.3 is 19.3 Å². The summed E-state index contributed by atoms with van der Waals surface area (Å²) in [4.78, 5) is 23.1.